The van der Waals surface area contributed by atoms with Crippen molar-refractivity contribution in [1.82, 2.24) is 0 Å². The Morgan fingerprint density at radius 3 is 2.23 bits per heavy atom. The first-order valence-corrected chi connectivity index (χ1v) is 12.2. The van der Waals surface area contributed by atoms with Crippen LogP contribution < -0.4 is 9.62 Å². The maximum atomic E-state index is 13.2. The highest BCUT2D eigenvalue weighted by Gasteiger charge is 2.34. The number of hydrogen-bond donors (Lipinski definition) is 1. The first-order valence-electron chi connectivity index (χ1n) is 8.91. The summed E-state index contributed by atoms with van der Waals surface area (Å²) in [6.07, 6.45) is 0. The van der Waals surface area contributed by atoms with Crippen LogP contribution in [0, 0.1) is 5.82 Å². The number of carbonyl (C=O) groups excluding carboxylic acids is 1. The number of sulfonamides is 1. The molecule has 9 heteroatoms. The van der Waals surface area contributed by atoms with Crippen LogP contribution in [0.15, 0.2) is 82.2 Å². The number of rotatable bonds is 5. The summed E-state index contributed by atoms with van der Waals surface area (Å²) >= 11 is 4.75. The molecule has 0 aliphatic carbocycles. The molecule has 1 heterocycles. The summed E-state index contributed by atoms with van der Waals surface area (Å²) < 4.78 is 41.7. The van der Waals surface area contributed by atoms with Crippen LogP contribution in [0.4, 0.5) is 15.8 Å². The van der Waals surface area contributed by atoms with Gasteiger partial charge in [-0.05, 0) is 66.2 Å². The van der Waals surface area contributed by atoms with E-state index >= 15 is 0 Å². The van der Waals surface area contributed by atoms with Crippen LogP contribution in [0.2, 0.25) is 0 Å². The van der Waals surface area contributed by atoms with Gasteiger partial charge in [-0.2, -0.15) is 0 Å². The Labute approximate surface area is 186 Å². The molecule has 0 saturated carbocycles. The van der Waals surface area contributed by atoms with Gasteiger partial charge in [0.2, 0.25) is 5.91 Å². The molecule has 1 unspecified atom stereocenters. The van der Waals surface area contributed by atoms with Crippen molar-refractivity contribution in [3.05, 3.63) is 88.6 Å². The van der Waals surface area contributed by atoms with E-state index in [9.17, 15) is 17.6 Å². The normalized spacial score (nSPS) is 16.7. The number of nitrogens with one attached hydrogen (secondary N) is 1. The number of benzene rings is 3. The van der Waals surface area contributed by atoms with E-state index in [1.165, 1.54) is 36.0 Å². The minimum atomic E-state index is -3.70. The number of halogens is 2. The molecule has 3 aromatic rings. The van der Waals surface area contributed by atoms with Crippen molar-refractivity contribution in [3.8, 4) is 0 Å². The Morgan fingerprint density at radius 1 is 0.967 bits per heavy atom. The van der Waals surface area contributed by atoms with Gasteiger partial charge in [0.05, 0.1) is 10.6 Å². The van der Waals surface area contributed by atoms with E-state index in [-0.39, 0.29) is 22.0 Å². The maximum Gasteiger partial charge on any atom is 0.261 e. The van der Waals surface area contributed by atoms with Crippen LogP contribution in [0.1, 0.15) is 10.9 Å². The summed E-state index contributed by atoms with van der Waals surface area (Å²) in [5.41, 5.74) is 1.89. The lowest BCUT2D eigenvalue weighted by atomic mass is 10.1. The highest BCUT2D eigenvalue weighted by atomic mass is 79.9. The lowest BCUT2D eigenvalue weighted by Crippen LogP contribution is -2.27. The van der Waals surface area contributed by atoms with Crippen LogP contribution >= 0.6 is 27.7 Å². The standard InChI is InChI=1S/C21H16BrFN2O3S2/c22-15-3-11-19(12-4-15)30(27,28)24-17-7-1-14(2-8-17)21-25(20(26)13-29-21)18-9-5-16(23)6-10-18/h1-12,21,24H,13H2. The summed E-state index contributed by atoms with van der Waals surface area (Å²) in [4.78, 5) is 14.2. The largest absolute Gasteiger partial charge is 0.295 e. The summed E-state index contributed by atoms with van der Waals surface area (Å²) in [5, 5.41) is -0.264. The van der Waals surface area contributed by atoms with Gasteiger partial charge in [0, 0.05) is 15.8 Å². The van der Waals surface area contributed by atoms with Gasteiger partial charge in [-0.15, -0.1) is 11.8 Å². The third kappa shape index (κ3) is 4.38. The van der Waals surface area contributed by atoms with E-state index in [4.69, 9.17) is 0 Å². The van der Waals surface area contributed by atoms with E-state index in [0.29, 0.717) is 17.1 Å². The van der Waals surface area contributed by atoms with Gasteiger partial charge in [-0.1, -0.05) is 28.1 Å². The Kier molecular flexibility index (Phi) is 5.86. The minimum Gasteiger partial charge on any atom is -0.295 e. The zero-order valence-corrected chi connectivity index (χ0v) is 18.7. The second-order valence-corrected chi connectivity index (χ2v) is 10.3. The van der Waals surface area contributed by atoms with E-state index in [2.05, 4.69) is 20.7 Å². The van der Waals surface area contributed by atoms with Gasteiger partial charge in [0.15, 0.2) is 0 Å². The molecule has 30 heavy (non-hydrogen) atoms. The van der Waals surface area contributed by atoms with Crippen molar-refractivity contribution < 1.29 is 17.6 Å². The predicted octanol–water partition coefficient (Wildman–Crippen LogP) is 5.17. The zero-order chi connectivity index (χ0) is 21.3. The Hall–Kier alpha value is -2.36. The maximum absolute atomic E-state index is 13.2. The fourth-order valence-corrected chi connectivity index (χ4v) is 5.60. The summed E-state index contributed by atoms with van der Waals surface area (Å²) in [7, 11) is -3.70. The van der Waals surface area contributed by atoms with Gasteiger partial charge in [-0.25, -0.2) is 12.8 Å². The molecular weight excluding hydrogens is 491 g/mol. The Balaban J connectivity index is 1.55. The van der Waals surface area contributed by atoms with Gasteiger partial charge in [-0.3, -0.25) is 14.4 Å². The molecule has 4 rings (SSSR count). The molecule has 0 radical (unpaired) electrons. The third-order valence-electron chi connectivity index (χ3n) is 4.54. The van der Waals surface area contributed by atoms with Gasteiger partial charge >= 0.3 is 0 Å². The van der Waals surface area contributed by atoms with Gasteiger partial charge in [0.25, 0.3) is 10.0 Å². The topological polar surface area (TPSA) is 66.5 Å². The van der Waals surface area contributed by atoms with E-state index in [1.54, 1.807) is 53.4 Å². The van der Waals surface area contributed by atoms with Crippen LogP contribution in [0.3, 0.4) is 0 Å². The average molecular weight is 507 g/mol. The molecule has 1 N–H and O–H groups in total. The van der Waals surface area contributed by atoms with Gasteiger partial charge < -0.3 is 0 Å². The average Bonchev–Trinajstić information content (AvgIpc) is 3.11. The molecule has 154 valence electrons. The third-order valence-corrected chi connectivity index (χ3v) is 7.68. The van der Waals surface area contributed by atoms with E-state index < -0.39 is 10.0 Å². The van der Waals surface area contributed by atoms with Crippen molar-refractivity contribution in [2.75, 3.05) is 15.4 Å². The fourth-order valence-electron chi connectivity index (χ4n) is 3.10. The number of carbonyl (C=O) groups is 1. The molecule has 1 atom stereocenters. The molecule has 1 saturated heterocycles. The Bertz CT molecular complexity index is 1170. The summed E-state index contributed by atoms with van der Waals surface area (Å²) in [5.74, 6) is -0.103. The Morgan fingerprint density at radius 2 is 1.60 bits per heavy atom. The van der Waals surface area contributed by atoms with Crippen molar-refractivity contribution in [2.45, 2.75) is 10.3 Å². The first-order chi connectivity index (χ1) is 14.3. The number of thioether (sulfide) groups is 1. The molecule has 0 spiro atoms. The van der Waals surface area contributed by atoms with Crippen molar-refractivity contribution >= 4 is 55.0 Å². The quantitative estimate of drug-likeness (QED) is 0.518. The summed E-state index contributed by atoms with van der Waals surface area (Å²) in [6.45, 7) is 0. The minimum absolute atomic E-state index is 0.0587. The van der Waals surface area contributed by atoms with E-state index in [0.717, 1.165) is 10.0 Å². The molecule has 1 aliphatic rings. The summed E-state index contributed by atoms with van der Waals surface area (Å²) in [6, 6.07) is 19.1. The molecule has 0 bridgehead atoms. The second-order valence-electron chi connectivity index (χ2n) is 6.58. The molecule has 1 aliphatic heterocycles. The molecular formula is C21H16BrFN2O3S2. The van der Waals surface area contributed by atoms with Crippen LogP contribution in [0.5, 0.6) is 0 Å². The van der Waals surface area contributed by atoms with E-state index in [1.807, 2.05) is 0 Å². The SMILES string of the molecule is O=C1CSC(c2ccc(NS(=O)(=O)c3ccc(Br)cc3)cc2)N1c1ccc(F)cc1. The lowest BCUT2D eigenvalue weighted by molar-refractivity contribution is -0.115. The van der Waals surface area contributed by atoms with Crippen LogP contribution in [-0.2, 0) is 14.8 Å². The number of amides is 1. The smallest absolute Gasteiger partial charge is 0.261 e. The molecule has 1 fully saturated rings. The number of hydrogen-bond acceptors (Lipinski definition) is 4. The van der Waals surface area contributed by atoms with Crippen LogP contribution in [-0.4, -0.2) is 20.1 Å². The second kappa shape index (κ2) is 8.41. The van der Waals surface area contributed by atoms with Crippen molar-refractivity contribution in [1.29, 1.82) is 0 Å². The van der Waals surface area contributed by atoms with Crippen molar-refractivity contribution in [3.63, 3.8) is 0 Å². The first kappa shape index (κ1) is 20.9. The molecule has 1 amide bonds. The predicted molar refractivity (Wildman–Crippen MR) is 120 cm³/mol. The molecule has 0 aromatic heterocycles. The van der Waals surface area contributed by atoms with Crippen molar-refractivity contribution in [2.24, 2.45) is 0 Å². The highest BCUT2D eigenvalue weighted by molar-refractivity contribution is 9.10. The number of nitrogens with zero attached hydrogens (tertiary/aromatic N) is 1. The molecule has 5 nitrogen and oxygen atoms in total. The molecule has 3 aromatic carbocycles. The number of anilines is 2. The fraction of sp³-hybridized carbons (Fsp3) is 0.0952. The lowest BCUT2D eigenvalue weighted by Gasteiger charge is -2.24. The zero-order valence-electron chi connectivity index (χ0n) is 15.5. The monoisotopic (exact) mass is 506 g/mol. The van der Waals surface area contributed by atoms with Gasteiger partial charge in [0.1, 0.15) is 11.2 Å². The van der Waals surface area contributed by atoms with Crippen LogP contribution in [0.25, 0.3) is 0 Å². The highest BCUT2D eigenvalue weighted by Crippen LogP contribution is 2.42.